The van der Waals surface area contributed by atoms with Crippen LogP contribution in [0.15, 0.2) is 0 Å². The Morgan fingerprint density at radius 3 is 1.59 bits per heavy atom. The Labute approximate surface area is 223 Å². The van der Waals surface area contributed by atoms with Crippen molar-refractivity contribution in [2.45, 2.75) is 49.9 Å². The van der Waals surface area contributed by atoms with E-state index < -0.39 is 91.9 Å². The number of carbonyl (C=O) groups excluding carboxylic acids is 6. The fourth-order valence-corrected chi connectivity index (χ4v) is 4.39. The molecule has 0 spiro atoms. The third-order valence-electron chi connectivity index (χ3n) is 6.39. The molecule has 2 heterocycles. The smallest absolute Gasteiger partial charge is 0.322 e. The van der Waals surface area contributed by atoms with Crippen molar-refractivity contribution in [2.24, 2.45) is 5.73 Å². The van der Waals surface area contributed by atoms with Crippen LogP contribution < -0.4 is 27.0 Å². The first-order chi connectivity index (χ1) is 18.5. The molecule has 17 heteroatoms. The molecule has 4 atom stereocenters. The van der Waals surface area contributed by atoms with E-state index in [1.54, 1.807) is 0 Å². The van der Waals surface area contributed by atoms with Gasteiger partial charge < -0.3 is 52.1 Å². The molecule has 39 heavy (non-hydrogen) atoms. The molecule has 0 saturated carbocycles. The Hall–Kier alpha value is -3.83. The normalized spacial score (nSPS) is 20.1. The van der Waals surface area contributed by atoms with E-state index in [1.165, 1.54) is 9.80 Å². The number of nitrogens with one attached hydrogen (secondary N) is 4. The molecule has 0 radical (unpaired) electrons. The molecule has 0 aromatic carbocycles. The molecular formula is C22H35N7O10. The predicted molar refractivity (Wildman–Crippen MR) is 130 cm³/mol. The van der Waals surface area contributed by atoms with E-state index in [0.717, 1.165) is 0 Å². The van der Waals surface area contributed by atoms with Gasteiger partial charge in [0.1, 0.15) is 30.7 Å². The van der Waals surface area contributed by atoms with E-state index in [-0.39, 0.29) is 19.5 Å². The van der Waals surface area contributed by atoms with Gasteiger partial charge in [0.05, 0.1) is 26.3 Å². The number of nitrogens with two attached hydrogens (primary N) is 1. The summed E-state index contributed by atoms with van der Waals surface area (Å²) in [5.74, 6) is -5.53. The van der Waals surface area contributed by atoms with Gasteiger partial charge in [0.25, 0.3) is 0 Å². The largest absolute Gasteiger partial charge is 0.480 e. The molecule has 0 aromatic heterocycles. The number of aliphatic carboxylic acids is 1. The second-order valence-electron chi connectivity index (χ2n) is 9.01. The molecule has 2 rings (SSSR count). The molecule has 9 N–H and O–H groups in total. The minimum atomic E-state index is -1.43. The Morgan fingerprint density at radius 2 is 1.18 bits per heavy atom. The first-order valence-electron chi connectivity index (χ1n) is 12.4. The minimum absolute atomic E-state index is 0.175. The predicted octanol–water partition coefficient (Wildman–Crippen LogP) is -5.80. The Balaban J connectivity index is 1.90. The third-order valence-corrected chi connectivity index (χ3v) is 6.39. The number of amides is 6. The molecule has 0 aromatic rings. The van der Waals surface area contributed by atoms with Gasteiger partial charge in [-0.15, -0.1) is 0 Å². The van der Waals surface area contributed by atoms with Gasteiger partial charge in [-0.05, 0) is 25.7 Å². The minimum Gasteiger partial charge on any atom is -0.480 e. The lowest BCUT2D eigenvalue weighted by molar-refractivity contribution is -0.141. The zero-order valence-electron chi connectivity index (χ0n) is 21.3. The van der Waals surface area contributed by atoms with Crippen LogP contribution in [0.3, 0.4) is 0 Å². The molecule has 0 bridgehead atoms. The van der Waals surface area contributed by atoms with Gasteiger partial charge in [0, 0.05) is 13.1 Å². The van der Waals surface area contributed by atoms with E-state index in [4.69, 9.17) is 10.8 Å². The Bertz CT molecular complexity index is 961. The highest BCUT2D eigenvalue weighted by atomic mass is 16.4. The highest BCUT2D eigenvalue weighted by Crippen LogP contribution is 2.18. The number of aliphatic hydroxyl groups is 2. The summed E-state index contributed by atoms with van der Waals surface area (Å²) in [7, 11) is 0. The van der Waals surface area contributed by atoms with Crippen LogP contribution in [0.5, 0.6) is 0 Å². The fourth-order valence-electron chi connectivity index (χ4n) is 4.39. The summed E-state index contributed by atoms with van der Waals surface area (Å²) in [5.41, 5.74) is 5.37. The molecule has 2 aliphatic rings. The summed E-state index contributed by atoms with van der Waals surface area (Å²) < 4.78 is 0. The number of likely N-dealkylation sites (tertiary alicyclic amines) is 2. The monoisotopic (exact) mass is 557 g/mol. The summed E-state index contributed by atoms with van der Waals surface area (Å²) in [6, 6.07) is -4.66. The maximum absolute atomic E-state index is 12.8. The van der Waals surface area contributed by atoms with E-state index >= 15 is 0 Å². The lowest BCUT2D eigenvalue weighted by Crippen LogP contribution is -2.57. The van der Waals surface area contributed by atoms with Crippen molar-refractivity contribution in [3.8, 4) is 0 Å². The van der Waals surface area contributed by atoms with Crippen LogP contribution in [0.2, 0.25) is 0 Å². The highest BCUT2D eigenvalue weighted by Gasteiger charge is 2.37. The second-order valence-corrected chi connectivity index (χ2v) is 9.01. The number of rotatable bonds is 13. The fraction of sp³-hybridized carbons (Fsp3) is 0.682. The molecule has 6 amide bonds. The van der Waals surface area contributed by atoms with E-state index in [9.17, 15) is 43.8 Å². The summed E-state index contributed by atoms with van der Waals surface area (Å²) >= 11 is 0. The summed E-state index contributed by atoms with van der Waals surface area (Å²) in [6.07, 6.45) is 1.63. The number of aliphatic hydroxyl groups excluding tert-OH is 2. The lowest BCUT2D eigenvalue weighted by atomic mass is 10.1. The summed E-state index contributed by atoms with van der Waals surface area (Å²) in [5, 5.41) is 36.7. The standard InChI is InChI=1S/C22H35N7O10/c23-7-16(32)28-5-1-3-14(28)21(38)26-12(10-30)19(36)24-8-17(33)29-6-2-4-15(29)22(39)27-13(11-31)20(37)25-9-18(34)35/h12-15,30-31H,1-11,23H2,(H,24,36)(H,25,37)(H,26,38)(H,27,39)(H,34,35)/t12-,13-,14-,15-/m0/s1. The van der Waals surface area contributed by atoms with Crippen LogP contribution in [0.1, 0.15) is 25.7 Å². The molecule has 218 valence electrons. The van der Waals surface area contributed by atoms with Crippen molar-refractivity contribution in [3.63, 3.8) is 0 Å². The number of carboxylic acids is 1. The van der Waals surface area contributed by atoms with Crippen LogP contribution in [0.25, 0.3) is 0 Å². The molecule has 17 nitrogen and oxygen atoms in total. The molecule has 2 saturated heterocycles. The number of nitrogens with zero attached hydrogens (tertiary/aromatic N) is 2. The van der Waals surface area contributed by atoms with Gasteiger partial charge in [-0.3, -0.25) is 33.6 Å². The summed E-state index contributed by atoms with van der Waals surface area (Å²) in [6.45, 7) is -2.60. The zero-order valence-corrected chi connectivity index (χ0v) is 21.3. The second kappa shape index (κ2) is 14.9. The number of hydrogen-bond acceptors (Lipinski definition) is 10. The van der Waals surface area contributed by atoms with Gasteiger partial charge in [-0.2, -0.15) is 0 Å². The average Bonchev–Trinajstić information content (AvgIpc) is 3.61. The number of hydrogen-bond donors (Lipinski definition) is 8. The maximum atomic E-state index is 12.8. The average molecular weight is 558 g/mol. The van der Waals surface area contributed by atoms with Gasteiger partial charge in [0.2, 0.25) is 35.4 Å². The van der Waals surface area contributed by atoms with Crippen molar-refractivity contribution < 1.29 is 48.9 Å². The lowest BCUT2D eigenvalue weighted by Gasteiger charge is -2.27. The van der Waals surface area contributed by atoms with Crippen molar-refractivity contribution in [3.05, 3.63) is 0 Å². The zero-order chi connectivity index (χ0) is 29.1. The quantitative estimate of drug-likeness (QED) is 0.106. The van der Waals surface area contributed by atoms with Gasteiger partial charge in [-0.1, -0.05) is 0 Å². The van der Waals surface area contributed by atoms with Crippen LogP contribution in [-0.4, -0.2) is 137 Å². The topological polar surface area (TPSA) is 261 Å². The first kappa shape index (κ1) is 31.4. The van der Waals surface area contributed by atoms with E-state index in [0.29, 0.717) is 25.8 Å². The third kappa shape index (κ3) is 8.59. The molecule has 2 aliphatic heterocycles. The molecule has 0 unspecified atom stereocenters. The SMILES string of the molecule is NCC(=O)N1CCC[C@H]1C(=O)N[C@@H](CO)C(=O)NCC(=O)N1CCC[C@H]1C(=O)N[C@@H](CO)C(=O)NCC(=O)O. The maximum Gasteiger partial charge on any atom is 0.322 e. The van der Waals surface area contributed by atoms with E-state index in [1.807, 2.05) is 5.32 Å². The van der Waals surface area contributed by atoms with Crippen molar-refractivity contribution >= 4 is 41.4 Å². The van der Waals surface area contributed by atoms with Gasteiger partial charge >= 0.3 is 5.97 Å². The van der Waals surface area contributed by atoms with Crippen molar-refractivity contribution in [2.75, 3.05) is 45.9 Å². The molecule has 0 aliphatic carbocycles. The first-order valence-corrected chi connectivity index (χ1v) is 12.4. The molecule has 2 fully saturated rings. The number of carbonyl (C=O) groups is 7. The Kier molecular flexibility index (Phi) is 12.0. The van der Waals surface area contributed by atoms with Gasteiger partial charge in [0.15, 0.2) is 0 Å². The van der Waals surface area contributed by atoms with Crippen LogP contribution in [0, 0.1) is 0 Å². The van der Waals surface area contributed by atoms with Gasteiger partial charge in [-0.25, -0.2) is 0 Å². The van der Waals surface area contributed by atoms with Crippen LogP contribution in [-0.2, 0) is 33.6 Å². The summed E-state index contributed by atoms with van der Waals surface area (Å²) in [4.78, 5) is 87.6. The van der Waals surface area contributed by atoms with Crippen molar-refractivity contribution in [1.82, 2.24) is 31.1 Å². The highest BCUT2D eigenvalue weighted by molar-refractivity contribution is 5.96. The van der Waals surface area contributed by atoms with Crippen molar-refractivity contribution in [1.29, 1.82) is 0 Å². The van der Waals surface area contributed by atoms with E-state index in [2.05, 4.69) is 16.0 Å². The Morgan fingerprint density at radius 1 is 0.744 bits per heavy atom. The molecular weight excluding hydrogens is 522 g/mol. The number of carboxylic acid groups (broad SMARTS) is 1. The van der Waals surface area contributed by atoms with Crippen LogP contribution in [0.4, 0.5) is 0 Å². The van der Waals surface area contributed by atoms with Crippen LogP contribution >= 0.6 is 0 Å².